The summed E-state index contributed by atoms with van der Waals surface area (Å²) in [5, 5.41) is 1.17. The standard InChI is InChI=1S/C20H23NO2/c1-2-23-19(22)20-10-6-5-8-16(20)12-18-15(13-20)11-14-7-3-4-9-17(14)21-18/h3-4,7,9,11,16H,2,5-6,8,10,12-13H2,1H3/t16-,20+/m0/s1. The summed E-state index contributed by atoms with van der Waals surface area (Å²) in [6.07, 6.45) is 6.14. The van der Waals surface area contributed by atoms with Crippen molar-refractivity contribution >= 4 is 16.9 Å². The van der Waals surface area contributed by atoms with E-state index in [1.165, 1.54) is 23.1 Å². The van der Waals surface area contributed by atoms with Gasteiger partial charge in [-0.3, -0.25) is 9.78 Å². The lowest BCUT2D eigenvalue weighted by molar-refractivity contribution is -0.162. The lowest BCUT2D eigenvalue weighted by Crippen LogP contribution is -2.47. The molecule has 2 aliphatic carbocycles. The third kappa shape index (κ3) is 2.34. The summed E-state index contributed by atoms with van der Waals surface area (Å²) in [5.74, 6) is 0.403. The summed E-state index contributed by atoms with van der Waals surface area (Å²) in [5.41, 5.74) is 3.18. The summed E-state index contributed by atoms with van der Waals surface area (Å²) < 4.78 is 5.48. The summed E-state index contributed by atoms with van der Waals surface area (Å²) in [6, 6.07) is 10.5. The predicted octanol–water partition coefficient (Wildman–Crippen LogP) is 4.07. The van der Waals surface area contributed by atoms with Crippen LogP contribution in [0, 0.1) is 11.3 Å². The third-order valence-corrected chi connectivity index (χ3v) is 5.73. The van der Waals surface area contributed by atoms with Crippen molar-refractivity contribution < 1.29 is 9.53 Å². The zero-order valence-electron chi connectivity index (χ0n) is 13.7. The van der Waals surface area contributed by atoms with Crippen LogP contribution >= 0.6 is 0 Å². The zero-order chi connectivity index (χ0) is 15.9. The minimum atomic E-state index is -0.314. The van der Waals surface area contributed by atoms with Gasteiger partial charge in [0.2, 0.25) is 0 Å². The average Bonchev–Trinajstić information content (AvgIpc) is 2.58. The predicted molar refractivity (Wildman–Crippen MR) is 90.2 cm³/mol. The molecule has 0 bridgehead atoms. The van der Waals surface area contributed by atoms with Crippen molar-refractivity contribution in [3.05, 3.63) is 41.6 Å². The highest BCUT2D eigenvalue weighted by atomic mass is 16.5. The number of nitrogens with zero attached hydrogens (tertiary/aromatic N) is 1. The van der Waals surface area contributed by atoms with Gasteiger partial charge in [-0.05, 0) is 56.2 Å². The topological polar surface area (TPSA) is 39.2 Å². The van der Waals surface area contributed by atoms with Gasteiger partial charge in [0.15, 0.2) is 0 Å². The number of carbonyl (C=O) groups is 1. The van der Waals surface area contributed by atoms with E-state index < -0.39 is 0 Å². The van der Waals surface area contributed by atoms with Crippen molar-refractivity contribution in [1.82, 2.24) is 4.98 Å². The molecule has 0 unspecified atom stereocenters. The minimum absolute atomic E-state index is 0.0171. The molecular weight excluding hydrogens is 286 g/mol. The highest BCUT2D eigenvalue weighted by molar-refractivity contribution is 5.82. The fraction of sp³-hybridized carbons (Fsp3) is 0.500. The Hall–Kier alpha value is -1.90. The molecule has 1 heterocycles. The van der Waals surface area contributed by atoms with E-state index in [0.717, 1.165) is 37.6 Å². The van der Waals surface area contributed by atoms with Crippen LogP contribution in [0.2, 0.25) is 0 Å². The van der Waals surface area contributed by atoms with Crippen molar-refractivity contribution in [2.75, 3.05) is 6.61 Å². The molecule has 2 aromatic rings. The van der Waals surface area contributed by atoms with Crippen molar-refractivity contribution in [1.29, 1.82) is 0 Å². The maximum Gasteiger partial charge on any atom is 0.312 e. The van der Waals surface area contributed by atoms with Crippen LogP contribution in [0.25, 0.3) is 10.9 Å². The summed E-state index contributed by atoms with van der Waals surface area (Å²) in [4.78, 5) is 17.7. The second-order valence-electron chi connectivity index (χ2n) is 6.99. The van der Waals surface area contributed by atoms with Gasteiger partial charge >= 0.3 is 5.97 Å². The van der Waals surface area contributed by atoms with Crippen LogP contribution in [0.15, 0.2) is 30.3 Å². The quantitative estimate of drug-likeness (QED) is 0.785. The largest absolute Gasteiger partial charge is 0.466 e. The van der Waals surface area contributed by atoms with Crippen LogP contribution in [0.1, 0.15) is 43.9 Å². The van der Waals surface area contributed by atoms with Gasteiger partial charge in [-0.1, -0.05) is 31.0 Å². The number of esters is 1. The number of para-hydroxylation sites is 1. The second kappa shape index (κ2) is 5.63. The Labute approximate surface area is 137 Å². The van der Waals surface area contributed by atoms with E-state index in [4.69, 9.17) is 9.72 Å². The number of ether oxygens (including phenoxy) is 1. The smallest absolute Gasteiger partial charge is 0.312 e. The number of pyridine rings is 1. The first-order valence-electron chi connectivity index (χ1n) is 8.78. The molecule has 1 aromatic carbocycles. The molecule has 4 rings (SSSR count). The Morgan fingerprint density at radius 3 is 3.09 bits per heavy atom. The van der Waals surface area contributed by atoms with Crippen LogP contribution in [0.4, 0.5) is 0 Å². The van der Waals surface area contributed by atoms with Crippen LogP contribution < -0.4 is 0 Å². The van der Waals surface area contributed by atoms with Gasteiger partial charge in [-0.15, -0.1) is 0 Å². The molecule has 1 fully saturated rings. The van der Waals surface area contributed by atoms with Gasteiger partial charge in [0.25, 0.3) is 0 Å². The van der Waals surface area contributed by atoms with E-state index in [0.29, 0.717) is 12.5 Å². The van der Waals surface area contributed by atoms with Gasteiger partial charge in [0.05, 0.1) is 17.5 Å². The molecule has 0 saturated heterocycles. The number of fused-ring (bicyclic) bond motifs is 3. The normalized spacial score (nSPS) is 26.4. The molecule has 3 nitrogen and oxygen atoms in total. The highest BCUT2D eigenvalue weighted by Gasteiger charge is 2.50. The molecule has 0 radical (unpaired) electrons. The number of hydrogen-bond acceptors (Lipinski definition) is 3. The molecule has 0 amide bonds. The Morgan fingerprint density at radius 1 is 1.35 bits per heavy atom. The first-order chi connectivity index (χ1) is 11.2. The third-order valence-electron chi connectivity index (χ3n) is 5.73. The van der Waals surface area contributed by atoms with E-state index in [9.17, 15) is 4.79 Å². The first kappa shape index (κ1) is 14.7. The molecule has 2 aliphatic rings. The van der Waals surface area contributed by atoms with Gasteiger partial charge in [-0.2, -0.15) is 0 Å². The monoisotopic (exact) mass is 309 g/mol. The summed E-state index contributed by atoms with van der Waals surface area (Å²) >= 11 is 0. The molecule has 2 atom stereocenters. The Bertz CT molecular complexity index is 754. The van der Waals surface area contributed by atoms with E-state index in [2.05, 4.69) is 18.2 Å². The van der Waals surface area contributed by atoms with Crippen LogP contribution in [0.3, 0.4) is 0 Å². The summed E-state index contributed by atoms with van der Waals surface area (Å²) in [6.45, 7) is 2.37. The van der Waals surface area contributed by atoms with Crippen LogP contribution in [-0.2, 0) is 22.4 Å². The molecule has 1 aromatic heterocycles. The Balaban J connectivity index is 1.79. The van der Waals surface area contributed by atoms with E-state index in [-0.39, 0.29) is 11.4 Å². The number of carbonyl (C=O) groups excluding carboxylic acids is 1. The molecule has 1 saturated carbocycles. The lowest BCUT2D eigenvalue weighted by Gasteiger charge is -2.45. The van der Waals surface area contributed by atoms with Crippen LogP contribution in [-0.4, -0.2) is 17.6 Å². The fourth-order valence-corrected chi connectivity index (χ4v) is 4.56. The number of hydrogen-bond donors (Lipinski definition) is 0. The molecule has 0 spiro atoms. The van der Waals surface area contributed by atoms with Crippen LogP contribution in [0.5, 0.6) is 0 Å². The van der Waals surface area contributed by atoms with Crippen molar-refractivity contribution in [3.63, 3.8) is 0 Å². The molecule has 0 N–H and O–H groups in total. The first-order valence-corrected chi connectivity index (χ1v) is 8.78. The average molecular weight is 309 g/mol. The van der Waals surface area contributed by atoms with Gasteiger partial charge in [-0.25, -0.2) is 0 Å². The molecule has 3 heteroatoms. The molecular formula is C20H23NO2. The zero-order valence-corrected chi connectivity index (χ0v) is 13.7. The fourth-order valence-electron chi connectivity index (χ4n) is 4.56. The second-order valence-corrected chi connectivity index (χ2v) is 6.99. The van der Waals surface area contributed by atoms with E-state index >= 15 is 0 Å². The van der Waals surface area contributed by atoms with E-state index in [1.807, 2.05) is 19.1 Å². The molecule has 23 heavy (non-hydrogen) atoms. The SMILES string of the molecule is CCOC(=O)[C@@]12CCCC[C@H]1Cc1nc3ccccc3cc1C2. The molecule has 0 aliphatic heterocycles. The summed E-state index contributed by atoms with van der Waals surface area (Å²) in [7, 11) is 0. The highest BCUT2D eigenvalue weighted by Crippen LogP contribution is 2.50. The number of aromatic nitrogens is 1. The molecule has 120 valence electrons. The Morgan fingerprint density at radius 2 is 2.22 bits per heavy atom. The number of benzene rings is 1. The van der Waals surface area contributed by atoms with Crippen molar-refractivity contribution in [2.24, 2.45) is 11.3 Å². The van der Waals surface area contributed by atoms with Gasteiger partial charge < -0.3 is 4.74 Å². The van der Waals surface area contributed by atoms with Gasteiger partial charge in [0.1, 0.15) is 0 Å². The lowest BCUT2D eigenvalue weighted by atomic mass is 9.59. The Kier molecular flexibility index (Phi) is 3.59. The van der Waals surface area contributed by atoms with E-state index in [1.54, 1.807) is 0 Å². The van der Waals surface area contributed by atoms with Gasteiger partial charge in [0, 0.05) is 11.1 Å². The van der Waals surface area contributed by atoms with Crippen molar-refractivity contribution in [2.45, 2.75) is 45.4 Å². The maximum atomic E-state index is 12.8. The minimum Gasteiger partial charge on any atom is -0.466 e. The maximum absolute atomic E-state index is 12.8. The number of rotatable bonds is 2. The van der Waals surface area contributed by atoms with Crippen molar-refractivity contribution in [3.8, 4) is 0 Å².